The molecule has 0 aliphatic heterocycles. The molecule has 0 saturated carbocycles. The van der Waals surface area contributed by atoms with E-state index in [1.54, 1.807) is 18.5 Å². The zero-order valence-electron chi connectivity index (χ0n) is 5.52. The van der Waals surface area contributed by atoms with Crippen molar-refractivity contribution in [2.45, 2.75) is 0 Å². The lowest BCUT2D eigenvalue weighted by atomic mass is 10.4. The maximum atomic E-state index is 10.3. The van der Waals surface area contributed by atoms with Crippen LogP contribution in [0.1, 0.15) is 9.67 Å². The van der Waals surface area contributed by atoms with Gasteiger partial charge in [0.05, 0.1) is 4.88 Å². The number of rotatable bonds is 1. The average Bonchev–Trinajstić information content (AvgIpc) is 2.46. The molecule has 0 fully saturated rings. The highest BCUT2D eigenvalue weighted by Crippen LogP contribution is 2.19. The molecule has 0 aliphatic rings. The largest absolute Gasteiger partial charge is 0.297 e. The van der Waals surface area contributed by atoms with Crippen LogP contribution in [0.4, 0.5) is 0 Å². The Kier molecular flexibility index (Phi) is 1.40. The molecule has 0 spiro atoms. The van der Waals surface area contributed by atoms with E-state index in [0.717, 1.165) is 16.6 Å². The maximum absolute atomic E-state index is 10.3. The summed E-state index contributed by atoms with van der Waals surface area (Å²) in [4.78, 5) is 19.9. The number of thiophene rings is 1. The van der Waals surface area contributed by atoms with Gasteiger partial charge in [-0.15, -0.1) is 11.3 Å². The van der Waals surface area contributed by atoms with Crippen molar-refractivity contribution < 1.29 is 4.79 Å². The molecule has 4 heteroatoms. The van der Waals surface area contributed by atoms with Crippen molar-refractivity contribution in [2.24, 2.45) is 0 Å². The molecule has 3 nitrogen and oxygen atoms in total. The average molecular weight is 164 g/mol. The third-order valence-electron chi connectivity index (χ3n) is 1.30. The van der Waals surface area contributed by atoms with Gasteiger partial charge in [0.1, 0.15) is 10.3 Å². The molecule has 0 amide bonds. The lowest BCUT2D eigenvalue weighted by molar-refractivity contribution is 0.112. The van der Waals surface area contributed by atoms with E-state index in [9.17, 15) is 4.79 Å². The highest BCUT2D eigenvalue weighted by Gasteiger charge is 2.00. The van der Waals surface area contributed by atoms with Gasteiger partial charge in [-0.3, -0.25) is 9.78 Å². The number of aldehydes is 1. The summed E-state index contributed by atoms with van der Waals surface area (Å²) in [7, 11) is 0. The second-order valence-corrected chi connectivity index (χ2v) is 3.08. The minimum Gasteiger partial charge on any atom is -0.297 e. The van der Waals surface area contributed by atoms with E-state index >= 15 is 0 Å². The van der Waals surface area contributed by atoms with Crippen LogP contribution in [0.2, 0.25) is 0 Å². The van der Waals surface area contributed by atoms with Crippen LogP contribution in [-0.4, -0.2) is 16.3 Å². The molecule has 0 N–H and O–H groups in total. The van der Waals surface area contributed by atoms with Crippen molar-refractivity contribution in [3.05, 3.63) is 23.3 Å². The van der Waals surface area contributed by atoms with Gasteiger partial charge in [0.15, 0.2) is 6.29 Å². The Morgan fingerprint density at radius 2 is 2.18 bits per heavy atom. The number of fused-ring (bicyclic) bond motifs is 1. The Morgan fingerprint density at radius 1 is 1.36 bits per heavy atom. The van der Waals surface area contributed by atoms with Gasteiger partial charge in [0, 0.05) is 12.4 Å². The van der Waals surface area contributed by atoms with E-state index in [1.807, 2.05) is 0 Å². The van der Waals surface area contributed by atoms with Crippen LogP contribution in [0, 0.1) is 0 Å². The fraction of sp³-hybridized carbons (Fsp3) is 0. The molecular formula is C7H4N2OS. The molecule has 0 unspecified atom stereocenters. The maximum Gasteiger partial charge on any atom is 0.160 e. The first-order chi connectivity index (χ1) is 5.40. The summed E-state index contributed by atoms with van der Waals surface area (Å²) in [6.07, 6.45) is 4.05. The molecule has 0 saturated heterocycles. The van der Waals surface area contributed by atoms with Crippen LogP contribution < -0.4 is 0 Å². The predicted molar refractivity (Wildman–Crippen MR) is 42.8 cm³/mol. The number of nitrogens with zero attached hydrogens (tertiary/aromatic N) is 2. The highest BCUT2D eigenvalue weighted by atomic mass is 32.1. The van der Waals surface area contributed by atoms with Gasteiger partial charge in [0.2, 0.25) is 0 Å². The smallest absolute Gasteiger partial charge is 0.160 e. The van der Waals surface area contributed by atoms with Crippen LogP contribution in [0.15, 0.2) is 18.5 Å². The number of hydrogen-bond acceptors (Lipinski definition) is 4. The van der Waals surface area contributed by atoms with Gasteiger partial charge in [-0.2, -0.15) is 0 Å². The minimum absolute atomic E-state index is 0.672. The highest BCUT2D eigenvalue weighted by molar-refractivity contribution is 7.20. The van der Waals surface area contributed by atoms with Crippen molar-refractivity contribution in [1.29, 1.82) is 0 Å². The first kappa shape index (κ1) is 6.42. The summed E-state index contributed by atoms with van der Waals surface area (Å²) in [5, 5.41) is 0. The van der Waals surface area contributed by atoms with Crippen molar-refractivity contribution in [2.75, 3.05) is 0 Å². The summed E-state index contributed by atoms with van der Waals surface area (Å²) >= 11 is 1.36. The summed E-state index contributed by atoms with van der Waals surface area (Å²) in [5.74, 6) is 0. The first-order valence-electron chi connectivity index (χ1n) is 3.06. The summed E-state index contributed by atoms with van der Waals surface area (Å²) in [6.45, 7) is 0. The van der Waals surface area contributed by atoms with Crippen LogP contribution in [-0.2, 0) is 0 Å². The zero-order chi connectivity index (χ0) is 7.68. The topological polar surface area (TPSA) is 42.9 Å². The lowest BCUT2D eigenvalue weighted by Gasteiger charge is -1.81. The van der Waals surface area contributed by atoms with Gasteiger partial charge in [-0.05, 0) is 6.07 Å². The standard InChI is InChI=1S/C7H4N2OS/c10-4-5-3-6-7(11-5)9-2-1-8-6/h1-4H. The van der Waals surface area contributed by atoms with E-state index in [4.69, 9.17) is 0 Å². The number of carbonyl (C=O) groups excluding carboxylic acids is 1. The van der Waals surface area contributed by atoms with Crippen molar-refractivity contribution in [3.63, 3.8) is 0 Å². The normalized spacial score (nSPS) is 10.2. The lowest BCUT2D eigenvalue weighted by Crippen LogP contribution is -1.72. The van der Waals surface area contributed by atoms with E-state index in [1.165, 1.54) is 11.3 Å². The van der Waals surface area contributed by atoms with Gasteiger partial charge in [-0.25, -0.2) is 4.98 Å². The van der Waals surface area contributed by atoms with Crippen LogP contribution >= 0.6 is 11.3 Å². The molecule has 2 aromatic rings. The molecule has 0 radical (unpaired) electrons. The van der Waals surface area contributed by atoms with Gasteiger partial charge in [-0.1, -0.05) is 0 Å². The number of hydrogen-bond donors (Lipinski definition) is 0. The minimum atomic E-state index is 0.672. The monoisotopic (exact) mass is 164 g/mol. The second kappa shape index (κ2) is 2.39. The van der Waals surface area contributed by atoms with E-state index in [-0.39, 0.29) is 0 Å². The van der Waals surface area contributed by atoms with Crippen molar-refractivity contribution in [1.82, 2.24) is 9.97 Å². The second-order valence-electron chi connectivity index (χ2n) is 2.01. The molecule has 0 atom stereocenters. The Morgan fingerprint density at radius 3 is 2.91 bits per heavy atom. The van der Waals surface area contributed by atoms with Gasteiger partial charge in [0.25, 0.3) is 0 Å². The zero-order valence-corrected chi connectivity index (χ0v) is 6.34. The van der Waals surface area contributed by atoms with E-state index in [0.29, 0.717) is 4.88 Å². The molecular weight excluding hydrogens is 160 g/mol. The fourth-order valence-electron chi connectivity index (χ4n) is 0.848. The van der Waals surface area contributed by atoms with E-state index < -0.39 is 0 Å². The molecule has 2 heterocycles. The Labute approximate surface area is 66.7 Å². The van der Waals surface area contributed by atoms with Crippen molar-refractivity contribution in [3.8, 4) is 0 Å². The molecule has 54 valence electrons. The quantitative estimate of drug-likeness (QED) is 0.600. The third-order valence-corrected chi connectivity index (χ3v) is 2.26. The fourth-order valence-corrected chi connectivity index (χ4v) is 1.62. The summed E-state index contributed by atoms with van der Waals surface area (Å²) in [5.41, 5.74) is 0.791. The van der Waals surface area contributed by atoms with Gasteiger partial charge < -0.3 is 0 Å². The Bertz CT molecular complexity index is 363. The molecule has 0 bridgehead atoms. The predicted octanol–water partition coefficient (Wildman–Crippen LogP) is 1.50. The van der Waals surface area contributed by atoms with Crippen LogP contribution in [0.5, 0.6) is 0 Å². The number of aromatic nitrogens is 2. The molecule has 11 heavy (non-hydrogen) atoms. The molecule has 2 aromatic heterocycles. The van der Waals surface area contributed by atoms with Crippen LogP contribution in [0.3, 0.4) is 0 Å². The third kappa shape index (κ3) is 1.01. The van der Waals surface area contributed by atoms with E-state index in [2.05, 4.69) is 9.97 Å². The first-order valence-corrected chi connectivity index (χ1v) is 3.87. The van der Waals surface area contributed by atoms with Crippen LogP contribution in [0.25, 0.3) is 10.3 Å². The molecule has 0 aliphatic carbocycles. The Balaban J connectivity index is 2.78. The van der Waals surface area contributed by atoms with Gasteiger partial charge >= 0.3 is 0 Å². The molecule has 2 rings (SSSR count). The Hall–Kier alpha value is -1.29. The SMILES string of the molecule is O=Cc1cc2nccnc2s1. The van der Waals surface area contributed by atoms with Crippen molar-refractivity contribution >= 4 is 28.0 Å². The summed E-state index contributed by atoms with van der Waals surface area (Å²) in [6, 6.07) is 1.74. The number of carbonyl (C=O) groups is 1. The molecule has 0 aromatic carbocycles. The summed E-state index contributed by atoms with van der Waals surface area (Å²) < 4.78 is 0.